The van der Waals surface area contributed by atoms with Crippen LogP contribution in [-0.2, 0) is 36.3 Å². The zero-order valence-corrected chi connectivity index (χ0v) is 22.4. The van der Waals surface area contributed by atoms with Crippen molar-refractivity contribution < 1.29 is 27.1 Å². The molecule has 6 rings (SSSR count). The van der Waals surface area contributed by atoms with E-state index in [2.05, 4.69) is 10.2 Å². The number of carbonyl (C=O) groups excluding carboxylic acids is 1. The van der Waals surface area contributed by atoms with Crippen molar-refractivity contribution in [3.63, 3.8) is 0 Å². The van der Waals surface area contributed by atoms with Gasteiger partial charge in [-0.1, -0.05) is 12.1 Å². The maximum atomic E-state index is 14.3. The van der Waals surface area contributed by atoms with Gasteiger partial charge in [-0.15, -0.1) is 10.2 Å². The van der Waals surface area contributed by atoms with Crippen molar-refractivity contribution >= 4 is 11.6 Å². The van der Waals surface area contributed by atoms with E-state index in [1.165, 1.54) is 11.0 Å². The first-order valence-electron chi connectivity index (χ1n) is 13.5. The molecule has 4 heterocycles. The van der Waals surface area contributed by atoms with E-state index in [1.54, 1.807) is 18.5 Å². The van der Waals surface area contributed by atoms with Gasteiger partial charge in [-0.05, 0) is 60.7 Å². The van der Waals surface area contributed by atoms with Gasteiger partial charge in [0.05, 0.1) is 25.3 Å². The molecule has 0 radical (unpaired) electrons. The van der Waals surface area contributed by atoms with E-state index in [-0.39, 0.29) is 29.1 Å². The molecule has 2 fully saturated rings. The first-order chi connectivity index (χ1) is 19.1. The topological polar surface area (TPSA) is 63.5 Å². The third kappa shape index (κ3) is 4.68. The molecule has 0 aliphatic carbocycles. The molecule has 11 heteroatoms. The SMILES string of the molecule is C[C@H](c1cc2c(c(C(F)(F)F)c1)CN(c1cccc(C3(Cc4nncn4C)COC3)c1)C2=O)N1CCC(F)CC1. The van der Waals surface area contributed by atoms with Crippen LogP contribution in [0, 0.1) is 0 Å². The Hall–Kier alpha value is -3.31. The average molecular weight is 558 g/mol. The highest BCUT2D eigenvalue weighted by Crippen LogP contribution is 2.43. The Kier molecular flexibility index (Phi) is 6.69. The molecule has 1 amide bonds. The van der Waals surface area contributed by atoms with Crippen LogP contribution in [0.3, 0.4) is 0 Å². The second-order valence-corrected chi connectivity index (χ2v) is 11.2. The smallest absolute Gasteiger partial charge is 0.379 e. The maximum absolute atomic E-state index is 14.3. The standard InChI is InChI=1S/C29H31F4N5O2/c1-18(37-8-6-21(30)7-9-37)19-10-23-24(25(11-19)29(31,32)33)14-38(27(23)39)22-5-3-4-20(12-22)28(15-40-16-28)13-26-35-34-17-36(26)2/h3-5,10-12,17-18,21H,6-9,13-16H2,1-2H3/t18-/m1/s1. The molecular formula is C29H31F4N5O2. The third-order valence-electron chi connectivity index (χ3n) is 8.69. The van der Waals surface area contributed by atoms with Gasteiger partial charge in [0.15, 0.2) is 0 Å². The van der Waals surface area contributed by atoms with Crippen LogP contribution in [-0.4, -0.2) is 58.0 Å². The molecule has 2 saturated heterocycles. The molecule has 212 valence electrons. The normalized spacial score (nSPS) is 20.4. The number of nitrogens with zero attached hydrogens (tertiary/aromatic N) is 5. The zero-order valence-electron chi connectivity index (χ0n) is 22.4. The Morgan fingerprint density at radius 2 is 1.90 bits per heavy atom. The first kappa shape index (κ1) is 26.9. The summed E-state index contributed by atoms with van der Waals surface area (Å²) in [5, 5.41) is 8.16. The molecule has 0 unspecified atom stereocenters. The molecule has 2 aromatic carbocycles. The second kappa shape index (κ2) is 9.95. The number of hydrogen-bond acceptors (Lipinski definition) is 5. The van der Waals surface area contributed by atoms with Gasteiger partial charge in [-0.3, -0.25) is 9.69 Å². The largest absolute Gasteiger partial charge is 0.416 e. The summed E-state index contributed by atoms with van der Waals surface area (Å²) < 4.78 is 64.0. The van der Waals surface area contributed by atoms with E-state index in [1.807, 2.05) is 41.6 Å². The van der Waals surface area contributed by atoms with Crippen LogP contribution >= 0.6 is 0 Å². The van der Waals surface area contributed by atoms with E-state index in [4.69, 9.17) is 4.74 Å². The third-order valence-corrected chi connectivity index (χ3v) is 8.69. The summed E-state index contributed by atoms with van der Waals surface area (Å²) in [5.41, 5.74) is 0.803. The molecule has 3 aliphatic heterocycles. The minimum atomic E-state index is -4.62. The lowest BCUT2D eigenvalue weighted by molar-refractivity contribution is -0.138. The Balaban J connectivity index is 1.32. The fourth-order valence-electron chi connectivity index (χ4n) is 6.09. The monoisotopic (exact) mass is 557 g/mol. The lowest BCUT2D eigenvalue weighted by Crippen LogP contribution is -2.49. The van der Waals surface area contributed by atoms with Gasteiger partial charge in [0.1, 0.15) is 18.3 Å². The van der Waals surface area contributed by atoms with Gasteiger partial charge in [0.2, 0.25) is 0 Å². The number of fused-ring (bicyclic) bond motifs is 1. The van der Waals surface area contributed by atoms with Crippen molar-refractivity contribution in [1.82, 2.24) is 19.7 Å². The fraction of sp³-hybridized carbons (Fsp3) is 0.483. The minimum Gasteiger partial charge on any atom is -0.379 e. The Bertz CT molecular complexity index is 1430. The summed E-state index contributed by atoms with van der Waals surface area (Å²) in [6, 6.07) is 9.80. The lowest BCUT2D eigenvalue weighted by Gasteiger charge is -2.42. The molecule has 0 spiro atoms. The van der Waals surface area contributed by atoms with Crippen molar-refractivity contribution in [3.05, 3.63) is 76.4 Å². The number of carbonyl (C=O) groups is 1. The van der Waals surface area contributed by atoms with E-state index < -0.39 is 23.8 Å². The van der Waals surface area contributed by atoms with Gasteiger partial charge in [0.25, 0.3) is 5.91 Å². The van der Waals surface area contributed by atoms with Gasteiger partial charge in [-0.25, -0.2) is 4.39 Å². The number of benzene rings is 2. The summed E-state index contributed by atoms with van der Waals surface area (Å²) in [6.07, 6.45) is -2.57. The van der Waals surface area contributed by atoms with Crippen LogP contribution < -0.4 is 4.90 Å². The number of hydrogen-bond donors (Lipinski definition) is 0. The molecule has 3 aromatic rings. The van der Waals surface area contributed by atoms with E-state index >= 15 is 0 Å². The number of amides is 1. The summed E-state index contributed by atoms with van der Waals surface area (Å²) >= 11 is 0. The molecule has 1 atom stereocenters. The number of anilines is 1. The lowest BCUT2D eigenvalue weighted by atomic mass is 9.75. The molecule has 3 aliphatic rings. The Morgan fingerprint density at radius 3 is 2.52 bits per heavy atom. The second-order valence-electron chi connectivity index (χ2n) is 11.2. The maximum Gasteiger partial charge on any atom is 0.416 e. The first-order valence-corrected chi connectivity index (χ1v) is 13.5. The highest BCUT2D eigenvalue weighted by molar-refractivity contribution is 6.10. The molecule has 0 saturated carbocycles. The van der Waals surface area contributed by atoms with Crippen molar-refractivity contribution in [2.24, 2.45) is 7.05 Å². The molecular weight excluding hydrogens is 526 g/mol. The molecule has 0 bridgehead atoms. The van der Waals surface area contributed by atoms with Gasteiger partial charge in [-0.2, -0.15) is 13.2 Å². The van der Waals surface area contributed by atoms with Crippen molar-refractivity contribution in [2.45, 2.75) is 56.5 Å². The number of likely N-dealkylation sites (tertiary alicyclic amines) is 1. The number of ether oxygens (including phenoxy) is 1. The highest BCUT2D eigenvalue weighted by atomic mass is 19.4. The number of aryl methyl sites for hydroxylation is 1. The summed E-state index contributed by atoms with van der Waals surface area (Å²) in [6.45, 7) is 3.52. The Labute approximate surface area is 229 Å². The number of piperidine rings is 1. The molecule has 40 heavy (non-hydrogen) atoms. The number of halogens is 4. The van der Waals surface area contributed by atoms with Crippen LogP contribution in [0.5, 0.6) is 0 Å². The summed E-state index contributed by atoms with van der Waals surface area (Å²) in [5.74, 6) is 0.340. The molecule has 1 aromatic heterocycles. The van der Waals surface area contributed by atoms with Gasteiger partial charge < -0.3 is 14.2 Å². The minimum absolute atomic E-state index is 0.0119. The molecule has 0 N–H and O–H groups in total. The van der Waals surface area contributed by atoms with Crippen molar-refractivity contribution in [3.8, 4) is 0 Å². The predicted molar refractivity (Wildman–Crippen MR) is 140 cm³/mol. The highest BCUT2D eigenvalue weighted by Gasteiger charge is 2.44. The van der Waals surface area contributed by atoms with E-state index in [0.29, 0.717) is 56.8 Å². The number of rotatable bonds is 6. The summed E-state index contributed by atoms with van der Waals surface area (Å²) in [4.78, 5) is 17.1. The number of alkyl halides is 4. The zero-order chi connectivity index (χ0) is 28.2. The van der Waals surface area contributed by atoms with Crippen molar-refractivity contribution in [1.29, 1.82) is 0 Å². The van der Waals surface area contributed by atoms with Crippen LogP contribution in [0.1, 0.15) is 64.2 Å². The quantitative estimate of drug-likeness (QED) is 0.400. The van der Waals surface area contributed by atoms with Crippen LogP contribution in [0.15, 0.2) is 42.7 Å². The van der Waals surface area contributed by atoms with E-state index in [9.17, 15) is 22.4 Å². The Morgan fingerprint density at radius 1 is 1.15 bits per heavy atom. The average Bonchev–Trinajstić information content (AvgIpc) is 3.47. The van der Waals surface area contributed by atoms with Crippen molar-refractivity contribution in [2.75, 3.05) is 31.2 Å². The van der Waals surface area contributed by atoms with Crippen LogP contribution in [0.4, 0.5) is 23.2 Å². The van der Waals surface area contributed by atoms with Gasteiger partial charge >= 0.3 is 6.18 Å². The van der Waals surface area contributed by atoms with Gasteiger partial charge in [0, 0.05) is 49.3 Å². The van der Waals surface area contributed by atoms with Crippen LogP contribution in [0.2, 0.25) is 0 Å². The molecule has 7 nitrogen and oxygen atoms in total. The number of aromatic nitrogens is 3. The summed E-state index contributed by atoms with van der Waals surface area (Å²) in [7, 11) is 1.87. The fourth-order valence-corrected chi connectivity index (χ4v) is 6.09. The van der Waals surface area contributed by atoms with Crippen LogP contribution in [0.25, 0.3) is 0 Å². The van der Waals surface area contributed by atoms with E-state index in [0.717, 1.165) is 11.4 Å². The predicted octanol–water partition coefficient (Wildman–Crippen LogP) is 5.00.